The molecule has 0 fully saturated rings. The first-order chi connectivity index (χ1) is 3.70. The molecule has 0 amide bonds. The Morgan fingerprint density at radius 3 is 2.33 bits per heavy atom. The summed E-state index contributed by atoms with van der Waals surface area (Å²) >= 11 is 0. The van der Waals surface area contributed by atoms with Gasteiger partial charge in [-0.25, -0.2) is 4.99 Å². The van der Waals surface area contributed by atoms with E-state index < -0.39 is 5.97 Å². The molecule has 0 bridgehead atoms. The Bertz CT molecular complexity index is 189. The van der Waals surface area contributed by atoms with Crippen molar-refractivity contribution in [1.29, 1.82) is 0 Å². The molecule has 1 aliphatic heterocycles. The largest absolute Gasteiger partial charge is 0.495 e. The summed E-state index contributed by atoms with van der Waals surface area (Å²) in [5.41, 5.74) is 0.141. The molecule has 0 spiro atoms. The first-order valence-electron chi connectivity index (χ1n) is 1.89. The van der Waals surface area contributed by atoms with E-state index in [4.69, 9.17) is 6.58 Å². The number of carbonyl (C=O) groups is 1. The number of ether oxygens (including phenoxy) is 1. The summed E-state index contributed by atoms with van der Waals surface area (Å²) in [4.78, 5) is 13.7. The molecule has 0 saturated carbocycles. The third-order valence-electron chi connectivity index (χ3n) is 0.637. The molecule has 5 heteroatoms. The molecule has 0 radical (unpaired) electrons. The molecule has 0 aromatic carbocycles. The maximum Gasteiger partial charge on any atom is 0.198 e. The molecule has 1 rings (SSSR count). The van der Waals surface area contributed by atoms with Gasteiger partial charge in [-0.15, -0.1) is 0 Å². The fourth-order valence-electron chi connectivity index (χ4n) is 0.334. The van der Waals surface area contributed by atoms with Crippen LogP contribution in [0.1, 0.15) is 0 Å². The van der Waals surface area contributed by atoms with Crippen LogP contribution in [0.2, 0.25) is 0 Å². The molecule has 0 N–H and O–H groups in total. The molecule has 1 atom stereocenters. The maximum atomic E-state index is 10.3. The van der Waals surface area contributed by atoms with Gasteiger partial charge in [-0.3, -0.25) is 6.58 Å². The van der Waals surface area contributed by atoms with Crippen molar-refractivity contribution in [1.82, 2.24) is 0 Å². The van der Waals surface area contributed by atoms with Gasteiger partial charge in [0.2, 0.25) is 0 Å². The fourth-order valence-corrected chi connectivity index (χ4v) is 0.581. The number of nitrogens with zero attached hydrogens (tertiary/aromatic N) is 1. The van der Waals surface area contributed by atoms with Crippen LogP contribution in [0.5, 0.6) is 0 Å². The van der Waals surface area contributed by atoms with Gasteiger partial charge in [0.15, 0.2) is 11.6 Å². The molecule has 0 saturated heterocycles. The van der Waals surface area contributed by atoms with Gasteiger partial charge in [-0.2, -0.15) is 0 Å². The van der Waals surface area contributed by atoms with Crippen LogP contribution in [0.25, 0.3) is 0 Å². The van der Waals surface area contributed by atoms with Crippen LogP contribution in [0.3, 0.4) is 0 Å². The smallest absolute Gasteiger partial charge is 0.198 e. The summed E-state index contributed by atoms with van der Waals surface area (Å²) in [6.45, 7) is 5.01. The van der Waals surface area contributed by atoms with E-state index in [-0.39, 0.29) is 32.4 Å². The number of rotatable bonds is 0. The molecular weight excluding hydrogens is 221 g/mol. The van der Waals surface area contributed by atoms with E-state index in [9.17, 15) is 4.79 Å². The first-order valence-corrected chi connectivity index (χ1v) is 2.46. The summed E-state index contributed by atoms with van der Waals surface area (Å²) in [5, 5.41) is 0. The monoisotopic (exact) mass is 226 g/mol. The third-order valence-corrected chi connectivity index (χ3v) is 0.884. The number of cyclic esters (lactones) is 1. The van der Waals surface area contributed by atoms with Crippen molar-refractivity contribution in [2.24, 2.45) is 4.99 Å². The predicted octanol–water partition coefficient (Wildman–Crippen LogP) is 0.0887. The second-order valence-corrected chi connectivity index (χ2v) is 1.72. The van der Waals surface area contributed by atoms with E-state index in [0.717, 1.165) is 0 Å². The van der Waals surface area contributed by atoms with Crippen molar-refractivity contribution in [3.05, 3.63) is 12.3 Å². The summed E-state index contributed by atoms with van der Waals surface area (Å²) in [5.74, 6) is -0.574. The summed E-state index contributed by atoms with van der Waals surface area (Å²) in [7, 11) is 2.13. The van der Waals surface area contributed by atoms with Crippen molar-refractivity contribution < 1.29 is 30.6 Å². The van der Waals surface area contributed by atoms with Gasteiger partial charge in [-0.05, 0) is 14.9 Å². The van der Waals surface area contributed by atoms with Gasteiger partial charge < -0.3 is 9.53 Å². The Kier molecular flexibility index (Phi) is 3.24. The van der Waals surface area contributed by atoms with E-state index >= 15 is 0 Å². The van der Waals surface area contributed by atoms with Crippen LogP contribution < -0.4 is 0 Å². The maximum absolute atomic E-state index is 10.3. The Hall–Kier alpha value is -0.00169. The van der Waals surface area contributed by atoms with Crippen molar-refractivity contribution in [2.75, 3.05) is 0 Å². The van der Waals surface area contributed by atoms with Gasteiger partial charge in [0, 0.05) is 21.1 Å². The van der Waals surface area contributed by atoms with E-state index in [1.54, 1.807) is 0 Å². The van der Waals surface area contributed by atoms with Gasteiger partial charge >= 0.3 is 0 Å². The topological polar surface area (TPSA) is 38.7 Å². The molecule has 0 aliphatic carbocycles. The van der Waals surface area contributed by atoms with Crippen LogP contribution in [0.15, 0.2) is 10.7 Å². The van der Waals surface area contributed by atoms with Gasteiger partial charge in [-0.1, -0.05) is 0 Å². The second kappa shape index (κ2) is 3.24. The Labute approximate surface area is 69.0 Å². The molecule has 1 unspecified atom stereocenters. The van der Waals surface area contributed by atoms with Crippen LogP contribution in [0.4, 0.5) is 0 Å². The molecule has 48 valence electrons. The molecule has 3 nitrogen and oxygen atoms in total. The van der Waals surface area contributed by atoms with Crippen molar-refractivity contribution in [3.63, 3.8) is 0 Å². The van der Waals surface area contributed by atoms with E-state index in [2.05, 4.69) is 19.0 Å². The van der Waals surface area contributed by atoms with Crippen molar-refractivity contribution >= 4 is 20.8 Å². The molecule has 0 aromatic heterocycles. The Balaban J connectivity index is 0.000000640. The number of hydrogen-bond acceptors (Lipinski definition) is 3. The minimum Gasteiger partial charge on any atom is -0.495 e. The zero-order chi connectivity index (χ0) is 6.15. The quantitative estimate of drug-likeness (QED) is 0.192. The Morgan fingerprint density at radius 1 is 1.67 bits per heavy atom. The summed E-state index contributed by atoms with van der Waals surface area (Å²) in [6, 6.07) is 0. The van der Waals surface area contributed by atoms with Crippen molar-refractivity contribution in [2.45, 2.75) is 0 Å². The van der Waals surface area contributed by atoms with Gasteiger partial charge in [0.25, 0.3) is 0 Å². The SMILES string of the molecule is [CH-]=C1N=C(P)OC1=O.[Mo]. The molecule has 0 aromatic rings. The zero-order valence-electron chi connectivity index (χ0n) is 4.33. The second-order valence-electron chi connectivity index (χ2n) is 1.22. The first kappa shape index (κ1) is 9.00. The van der Waals surface area contributed by atoms with Crippen LogP contribution in [0, 0.1) is 6.58 Å². The predicted molar refractivity (Wildman–Crippen MR) is 31.1 cm³/mol. The summed E-state index contributed by atoms with van der Waals surface area (Å²) in [6.07, 6.45) is 0. The van der Waals surface area contributed by atoms with Crippen LogP contribution >= 0.6 is 9.24 Å². The third kappa shape index (κ3) is 2.00. The van der Waals surface area contributed by atoms with E-state index in [1.165, 1.54) is 0 Å². The van der Waals surface area contributed by atoms with Crippen molar-refractivity contribution in [3.8, 4) is 0 Å². The average Bonchev–Trinajstić information content (AvgIpc) is 1.85. The van der Waals surface area contributed by atoms with Gasteiger partial charge in [0.05, 0.1) is 0 Å². The van der Waals surface area contributed by atoms with E-state index in [0.29, 0.717) is 0 Å². The Morgan fingerprint density at radius 2 is 2.22 bits per heavy atom. The van der Waals surface area contributed by atoms with Crippen LogP contribution in [-0.4, -0.2) is 11.6 Å². The summed E-state index contributed by atoms with van der Waals surface area (Å²) < 4.78 is 4.39. The molecule has 1 aliphatic rings. The minimum absolute atomic E-state index is 0. The standard InChI is InChI=1S/C4H3NO2P.Mo/c1-2-3(6)7-4(8)5-2;/h1H,8H2;/q-1;. The number of hydrogen-bond donors (Lipinski definition) is 0. The number of esters is 1. The number of aliphatic imine (C=N–C) groups is 1. The normalized spacial score (nSPS) is 16.3. The molecular formula is C4H3MoNO2P-. The minimum atomic E-state index is -0.574. The fraction of sp³-hybridized carbons (Fsp3) is 0. The molecule has 9 heavy (non-hydrogen) atoms. The van der Waals surface area contributed by atoms with Crippen LogP contribution in [-0.2, 0) is 30.6 Å². The van der Waals surface area contributed by atoms with E-state index in [1.807, 2.05) is 0 Å². The van der Waals surface area contributed by atoms with Gasteiger partial charge in [0.1, 0.15) is 0 Å². The molecule has 1 heterocycles. The average molecular weight is 224 g/mol. The zero-order valence-corrected chi connectivity index (χ0v) is 7.49. The number of carbonyl (C=O) groups excluding carboxylic acids is 1.